The summed E-state index contributed by atoms with van der Waals surface area (Å²) in [5.41, 5.74) is 1.44. The molecular formula is C18H12ClNO4S2. The van der Waals surface area contributed by atoms with E-state index in [4.69, 9.17) is 38.0 Å². The Morgan fingerprint density at radius 2 is 2.04 bits per heavy atom. The van der Waals surface area contributed by atoms with Crippen molar-refractivity contribution in [3.05, 3.63) is 51.9 Å². The third-order valence-corrected chi connectivity index (χ3v) is 5.48. The lowest BCUT2D eigenvalue weighted by Crippen LogP contribution is -2.27. The molecule has 0 saturated carbocycles. The van der Waals surface area contributed by atoms with Crippen LogP contribution >= 0.6 is 35.6 Å². The van der Waals surface area contributed by atoms with E-state index in [0.29, 0.717) is 37.2 Å². The monoisotopic (exact) mass is 405 g/mol. The Balaban J connectivity index is 1.64. The molecule has 2 heterocycles. The van der Waals surface area contributed by atoms with E-state index in [0.717, 1.165) is 5.56 Å². The molecule has 1 amide bonds. The molecule has 1 fully saturated rings. The predicted octanol–water partition coefficient (Wildman–Crippen LogP) is 4.48. The fourth-order valence-electron chi connectivity index (χ4n) is 2.64. The Morgan fingerprint density at radius 1 is 1.23 bits per heavy atom. The second kappa shape index (κ2) is 6.83. The van der Waals surface area contributed by atoms with E-state index >= 15 is 0 Å². The van der Waals surface area contributed by atoms with Gasteiger partial charge in [0, 0.05) is 0 Å². The van der Waals surface area contributed by atoms with E-state index in [1.807, 2.05) is 18.2 Å². The second-order valence-corrected chi connectivity index (χ2v) is 7.53. The Kier molecular flexibility index (Phi) is 4.52. The normalized spacial score (nSPS) is 17.3. The number of ether oxygens (including phenoxy) is 3. The van der Waals surface area contributed by atoms with Crippen LogP contribution in [0.3, 0.4) is 0 Å². The summed E-state index contributed by atoms with van der Waals surface area (Å²) < 4.78 is 16.3. The van der Waals surface area contributed by atoms with E-state index in [9.17, 15) is 4.79 Å². The number of nitrogens with zero attached hydrogens (tertiary/aromatic N) is 1. The van der Waals surface area contributed by atoms with E-state index in [1.165, 1.54) is 23.8 Å². The molecule has 2 aromatic carbocycles. The molecule has 26 heavy (non-hydrogen) atoms. The van der Waals surface area contributed by atoms with Gasteiger partial charge in [-0.1, -0.05) is 41.6 Å². The minimum Gasteiger partial charge on any atom is -0.495 e. The van der Waals surface area contributed by atoms with Crippen molar-refractivity contribution in [3.63, 3.8) is 0 Å². The number of amides is 1. The first-order valence-corrected chi connectivity index (χ1v) is 9.18. The lowest BCUT2D eigenvalue weighted by Gasteiger charge is -2.15. The third kappa shape index (κ3) is 3.02. The Bertz CT molecular complexity index is 960. The van der Waals surface area contributed by atoms with Gasteiger partial charge in [-0.3, -0.25) is 9.69 Å². The minimum atomic E-state index is -0.195. The number of rotatable bonds is 3. The smallest absolute Gasteiger partial charge is 0.270 e. The maximum atomic E-state index is 12.8. The summed E-state index contributed by atoms with van der Waals surface area (Å²) in [6, 6.07) is 10.6. The first kappa shape index (κ1) is 17.2. The van der Waals surface area contributed by atoms with Gasteiger partial charge in [0.05, 0.1) is 22.7 Å². The average Bonchev–Trinajstić information content (AvgIpc) is 3.19. The number of hydrogen-bond donors (Lipinski definition) is 0. The number of thiocarbonyl (C=S) groups is 1. The highest BCUT2D eigenvalue weighted by atomic mass is 35.5. The number of anilines is 1. The fraction of sp³-hybridized carbons (Fsp3) is 0.111. The van der Waals surface area contributed by atoms with Crippen molar-refractivity contribution in [3.8, 4) is 17.2 Å². The van der Waals surface area contributed by atoms with E-state index < -0.39 is 0 Å². The minimum absolute atomic E-state index is 0.195. The average molecular weight is 406 g/mol. The number of hydrogen-bond acceptors (Lipinski definition) is 6. The zero-order valence-electron chi connectivity index (χ0n) is 13.5. The largest absolute Gasteiger partial charge is 0.495 e. The SMILES string of the molecule is COc1ccc(N2C(=O)/C(=C\c3ccc4c(c3)OCO4)SC2=S)cc1Cl. The van der Waals surface area contributed by atoms with Crippen LogP contribution in [0.4, 0.5) is 5.69 Å². The predicted molar refractivity (Wildman–Crippen MR) is 106 cm³/mol. The van der Waals surface area contributed by atoms with Gasteiger partial charge in [0.15, 0.2) is 15.8 Å². The molecule has 8 heteroatoms. The highest BCUT2D eigenvalue weighted by Gasteiger charge is 2.33. The van der Waals surface area contributed by atoms with Gasteiger partial charge in [0.2, 0.25) is 6.79 Å². The van der Waals surface area contributed by atoms with Gasteiger partial charge in [-0.25, -0.2) is 0 Å². The zero-order valence-corrected chi connectivity index (χ0v) is 15.9. The third-order valence-electron chi connectivity index (χ3n) is 3.88. The van der Waals surface area contributed by atoms with E-state index in [1.54, 1.807) is 24.3 Å². The van der Waals surface area contributed by atoms with Gasteiger partial charge in [-0.15, -0.1) is 0 Å². The zero-order chi connectivity index (χ0) is 18.3. The van der Waals surface area contributed by atoms with Gasteiger partial charge in [-0.05, 0) is 42.0 Å². The molecular weight excluding hydrogens is 394 g/mol. The van der Waals surface area contributed by atoms with Crippen LogP contribution in [0.2, 0.25) is 5.02 Å². The standard InChI is InChI=1S/C18H12ClNO4S2/c1-22-13-5-3-11(8-12(13)19)20-17(21)16(26-18(20)25)7-10-2-4-14-15(6-10)24-9-23-14/h2-8H,9H2,1H3/b16-7+. The molecule has 2 aliphatic rings. The molecule has 2 aliphatic heterocycles. The summed E-state index contributed by atoms with van der Waals surface area (Å²) in [4.78, 5) is 14.8. The fourth-order valence-corrected chi connectivity index (χ4v) is 4.19. The van der Waals surface area contributed by atoms with Gasteiger partial charge in [0.1, 0.15) is 5.75 Å². The van der Waals surface area contributed by atoms with Gasteiger partial charge >= 0.3 is 0 Å². The number of carbonyl (C=O) groups is 1. The number of halogens is 1. The first-order chi connectivity index (χ1) is 12.6. The van der Waals surface area contributed by atoms with Crippen LogP contribution in [0.25, 0.3) is 6.08 Å². The molecule has 0 spiro atoms. The van der Waals surface area contributed by atoms with Crippen molar-refractivity contribution >= 4 is 57.6 Å². The highest BCUT2D eigenvalue weighted by molar-refractivity contribution is 8.27. The number of thioether (sulfide) groups is 1. The lowest BCUT2D eigenvalue weighted by molar-refractivity contribution is -0.113. The number of methoxy groups -OCH3 is 1. The van der Waals surface area contributed by atoms with E-state index in [-0.39, 0.29) is 12.7 Å². The van der Waals surface area contributed by atoms with Crippen molar-refractivity contribution in [2.75, 3.05) is 18.8 Å². The van der Waals surface area contributed by atoms with Crippen LogP contribution in [0.5, 0.6) is 17.2 Å². The Labute approximate surface area is 164 Å². The quantitative estimate of drug-likeness (QED) is 0.554. The van der Waals surface area contributed by atoms with Gasteiger partial charge in [-0.2, -0.15) is 0 Å². The summed E-state index contributed by atoms with van der Waals surface area (Å²) in [5, 5.41) is 0.416. The number of carbonyl (C=O) groups excluding carboxylic acids is 1. The second-order valence-electron chi connectivity index (χ2n) is 5.45. The Hall–Kier alpha value is -2.22. The number of benzene rings is 2. The molecule has 0 bridgehead atoms. The molecule has 2 aromatic rings. The first-order valence-electron chi connectivity index (χ1n) is 7.58. The van der Waals surface area contributed by atoms with Crippen molar-refractivity contribution < 1.29 is 19.0 Å². The van der Waals surface area contributed by atoms with Crippen LogP contribution in [0.15, 0.2) is 41.3 Å². The molecule has 0 atom stereocenters. The molecule has 0 aromatic heterocycles. The molecule has 5 nitrogen and oxygen atoms in total. The lowest BCUT2D eigenvalue weighted by atomic mass is 10.2. The summed E-state index contributed by atoms with van der Waals surface area (Å²) >= 11 is 12.8. The molecule has 132 valence electrons. The highest BCUT2D eigenvalue weighted by Crippen LogP contribution is 2.39. The van der Waals surface area contributed by atoms with Crippen molar-refractivity contribution in [1.29, 1.82) is 0 Å². The van der Waals surface area contributed by atoms with Crippen LogP contribution in [-0.2, 0) is 4.79 Å². The van der Waals surface area contributed by atoms with Gasteiger partial charge in [0.25, 0.3) is 5.91 Å². The number of fused-ring (bicyclic) bond motifs is 1. The molecule has 0 aliphatic carbocycles. The molecule has 0 N–H and O–H groups in total. The van der Waals surface area contributed by atoms with Crippen LogP contribution in [0.1, 0.15) is 5.56 Å². The summed E-state index contributed by atoms with van der Waals surface area (Å²) in [6.45, 7) is 0.207. The topological polar surface area (TPSA) is 48.0 Å². The Morgan fingerprint density at radius 3 is 2.81 bits per heavy atom. The molecule has 1 saturated heterocycles. The molecule has 0 radical (unpaired) electrons. The summed E-state index contributed by atoms with van der Waals surface area (Å²) in [5.74, 6) is 1.70. The summed E-state index contributed by atoms with van der Waals surface area (Å²) in [7, 11) is 1.54. The summed E-state index contributed by atoms with van der Waals surface area (Å²) in [6.07, 6.45) is 1.78. The van der Waals surface area contributed by atoms with E-state index in [2.05, 4.69) is 0 Å². The van der Waals surface area contributed by atoms with Crippen LogP contribution in [0, 0.1) is 0 Å². The van der Waals surface area contributed by atoms with Crippen molar-refractivity contribution in [2.45, 2.75) is 0 Å². The van der Waals surface area contributed by atoms with Gasteiger partial charge < -0.3 is 14.2 Å². The van der Waals surface area contributed by atoms with Crippen molar-refractivity contribution in [2.24, 2.45) is 0 Å². The van der Waals surface area contributed by atoms with Crippen LogP contribution in [-0.4, -0.2) is 24.1 Å². The maximum absolute atomic E-state index is 12.8. The maximum Gasteiger partial charge on any atom is 0.270 e. The molecule has 4 rings (SSSR count). The van der Waals surface area contributed by atoms with Crippen molar-refractivity contribution in [1.82, 2.24) is 0 Å². The van der Waals surface area contributed by atoms with Crippen LogP contribution < -0.4 is 19.1 Å². The molecule has 0 unspecified atom stereocenters.